The molecule has 6 nitrogen and oxygen atoms in total. The summed E-state index contributed by atoms with van der Waals surface area (Å²) in [5.74, 6) is 0.396. The monoisotopic (exact) mass is 472 g/mol. The molecule has 2 rings (SSSR count). The number of amides is 1. The summed E-state index contributed by atoms with van der Waals surface area (Å²) in [6, 6.07) is 11.4. The van der Waals surface area contributed by atoms with E-state index in [2.05, 4.69) is 5.32 Å². The zero-order valence-electron chi connectivity index (χ0n) is 17.0. The van der Waals surface area contributed by atoms with Crippen LogP contribution in [0.2, 0.25) is 10.0 Å². The molecule has 9 heteroatoms. The summed E-state index contributed by atoms with van der Waals surface area (Å²) in [5, 5.41) is 3.55. The number of ether oxygens (including phenoxy) is 1. The van der Waals surface area contributed by atoms with Gasteiger partial charge in [0.2, 0.25) is 10.0 Å². The van der Waals surface area contributed by atoms with Gasteiger partial charge in [-0.15, -0.1) is 0 Å². The molecule has 0 saturated heterocycles. The van der Waals surface area contributed by atoms with Crippen LogP contribution in [0.25, 0.3) is 0 Å². The van der Waals surface area contributed by atoms with Crippen molar-refractivity contribution in [3.63, 3.8) is 0 Å². The van der Waals surface area contributed by atoms with Gasteiger partial charge < -0.3 is 10.1 Å². The van der Waals surface area contributed by atoms with Gasteiger partial charge in [0.05, 0.1) is 11.6 Å². The van der Waals surface area contributed by atoms with E-state index in [1.54, 1.807) is 38.1 Å². The molecule has 0 unspecified atom stereocenters. The normalized spacial score (nSPS) is 11.5. The van der Waals surface area contributed by atoms with Crippen LogP contribution in [0.3, 0.4) is 0 Å². The molecular weight excluding hydrogens is 447 g/mol. The first-order valence-corrected chi connectivity index (χ1v) is 12.0. The Kier molecular flexibility index (Phi) is 9.42. The molecule has 0 aliphatic carbocycles. The maximum atomic E-state index is 12.7. The Hall–Kier alpha value is -1.80. The van der Waals surface area contributed by atoms with Crippen LogP contribution in [-0.4, -0.2) is 44.9 Å². The minimum absolute atomic E-state index is 0.0584. The largest absolute Gasteiger partial charge is 0.494 e. The van der Waals surface area contributed by atoms with E-state index in [1.807, 2.05) is 0 Å². The molecule has 1 amide bonds. The highest BCUT2D eigenvalue weighted by molar-refractivity contribution is 7.89. The van der Waals surface area contributed by atoms with E-state index in [1.165, 1.54) is 22.5 Å². The molecule has 0 spiro atoms. The van der Waals surface area contributed by atoms with Crippen LogP contribution >= 0.6 is 23.2 Å². The number of unbranched alkanes of at least 4 members (excludes halogenated alkanes) is 1. The van der Waals surface area contributed by atoms with Crippen LogP contribution in [0.15, 0.2) is 47.4 Å². The van der Waals surface area contributed by atoms with Crippen LogP contribution < -0.4 is 10.1 Å². The molecule has 0 radical (unpaired) electrons. The second-order valence-electron chi connectivity index (χ2n) is 6.50. The number of halogens is 2. The lowest BCUT2D eigenvalue weighted by Gasteiger charge is -2.19. The molecule has 164 valence electrons. The van der Waals surface area contributed by atoms with Gasteiger partial charge in [0.25, 0.3) is 5.91 Å². The van der Waals surface area contributed by atoms with E-state index in [0.717, 1.165) is 18.6 Å². The molecule has 2 aromatic carbocycles. The predicted molar refractivity (Wildman–Crippen MR) is 120 cm³/mol. The zero-order valence-corrected chi connectivity index (χ0v) is 19.4. The van der Waals surface area contributed by atoms with Gasteiger partial charge in [-0.05, 0) is 55.3 Å². The highest BCUT2D eigenvalue weighted by Gasteiger charge is 2.25. The number of hydrogen-bond donors (Lipinski definition) is 1. The first kappa shape index (κ1) is 24.5. The predicted octanol–water partition coefficient (Wildman–Crippen LogP) is 4.61. The topological polar surface area (TPSA) is 75.7 Å². The zero-order chi connectivity index (χ0) is 22.1. The second-order valence-corrected chi connectivity index (χ2v) is 9.25. The van der Waals surface area contributed by atoms with Crippen LogP contribution in [0, 0.1) is 0 Å². The Morgan fingerprint density at radius 3 is 2.33 bits per heavy atom. The van der Waals surface area contributed by atoms with Gasteiger partial charge in [0, 0.05) is 30.2 Å². The maximum Gasteiger partial charge on any atom is 0.251 e. The first-order chi connectivity index (χ1) is 14.3. The van der Waals surface area contributed by atoms with Crippen LogP contribution in [0.1, 0.15) is 37.0 Å². The molecule has 0 saturated carbocycles. The van der Waals surface area contributed by atoms with Crippen LogP contribution in [0.5, 0.6) is 5.75 Å². The van der Waals surface area contributed by atoms with E-state index < -0.39 is 10.0 Å². The number of hydrogen-bond acceptors (Lipinski definition) is 4. The van der Waals surface area contributed by atoms with Crippen molar-refractivity contribution in [2.45, 2.75) is 31.6 Å². The van der Waals surface area contributed by atoms with Crippen molar-refractivity contribution < 1.29 is 17.9 Å². The quantitative estimate of drug-likeness (QED) is 0.484. The Labute approximate surface area is 188 Å². The van der Waals surface area contributed by atoms with E-state index >= 15 is 0 Å². The highest BCUT2D eigenvalue weighted by Crippen LogP contribution is 2.26. The summed E-state index contributed by atoms with van der Waals surface area (Å²) in [5.41, 5.74) is 0.252. The van der Waals surface area contributed by atoms with Crippen molar-refractivity contribution in [3.8, 4) is 5.75 Å². The van der Waals surface area contributed by atoms with Crippen molar-refractivity contribution in [1.29, 1.82) is 0 Å². The van der Waals surface area contributed by atoms with Gasteiger partial charge in [-0.1, -0.05) is 37.0 Å². The van der Waals surface area contributed by atoms with Crippen molar-refractivity contribution >= 4 is 39.1 Å². The summed E-state index contributed by atoms with van der Waals surface area (Å²) in [6.07, 6.45) is 1.47. The fourth-order valence-corrected chi connectivity index (χ4v) is 4.88. The fourth-order valence-electron chi connectivity index (χ4n) is 2.80. The third-order valence-electron chi connectivity index (χ3n) is 4.46. The standard InChI is InChI=1S/C21H26Cl2N2O4S/c1-3-25(4-2)30(27,28)20-15-16(7-12-19(20)23)21(26)24-13-5-6-14-29-18-10-8-17(22)9-11-18/h7-12,15H,3-6,13-14H2,1-2H3,(H,24,26). The van der Waals surface area contributed by atoms with Crippen LogP contribution in [-0.2, 0) is 10.0 Å². The molecular formula is C21H26Cl2N2O4S. The molecule has 0 atom stereocenters. The lowest BCUT2D eigenvalue weighted by atomic mass is 10.2. The smallest absolute Gasteiger partial charge is 0.251 e. The Balaban J connectivity index is 1.87. The number of benzene rings is 2. The molecule has 0 heterocycles. The number of carbonyl (C=O) groups excluding carboxylic acids is 1. The SMILES string of the molecule is CCN(CC)S(=O)(=O)c1cc(C(=O)NCCCCOc2ccc(Cl)cc2)ccc1Cl. The van der Waals surface area contributed by atoms with E-state index in [-0.39, 0.29) is 21.4 Å². The summed E-state index contributed by atoms with van der Waals surface area (Å²) in [6.45, 7) is 5.12. The second kappa shape index (κ2) is 11.6. The molecule has 0 aliphatic heterocycles. The van der Waals surface area contributed by atoms with Crippen molar-refractivity contribution in [1.82, 2.24) is 9.62 Å². The summed E-state index contributed by atoms with van der Waals surface area (Å²) >= 11 is 11.9. The fraction of sp³-hybridized carbons (Fsp3) is 0.381. The van der Waals surface area contributed by atoms with Crippen molar-refractivity contribution in [2.75, 3.05) is 26.2 Å². The Morgan fingerprint density at radius 2 is 1.70 bits per heavy atom. The number of carbonyl (C=O) groups is 1. The third kappa shape index (κ3) is 6.60. The average molecular weight is 473 g/mol. The highest BCUT2D eigenvalue weighted by atomic mass is 35.5. The summed E-state index contributed by atoms with van der Waals surface area (Å²) in [7, 11) is -3.75. The molecule has 0 fully saturated rings. The number of rotatable bonds is 11. The first-order valence-electron chi connectivity index (χ1n) is 9.75. The number of nitrogens with zero attached hydrogens (tertiary/aromatic N) is 1. The third-order valence-corrected chi connectivity index (χ3v) is 7.24. The van der Waals surface area contributed by atoms with Crippen molar-refractivity contribution in [3.05, 3.63) is 58.1 Å². The van der Waals surface area contributed by atoms with Crippen LogP contribution in [0.4, 0.5) is 0 Å². The Bertz CT molecular complexity index is 946. The lowest BCUT2D eigenvalue weighted by molar-refractivity contribution is 0.0952. The van der Waals surface area contributed by atoms with E-state index in [4.69, 9.17) is 27.9 Å². The molecule has 1 N–H and O–H groups in total. The van der Waals surface area contributed by atoms with Gasteiger partial charge in [-0.3, -0.25) is 4.79 Å². The Morgan fingerprint density at radius 1 is 1.03 bits per heavy atom. The maximum absolute atomic E-state index is 12.7. The summed E-state index contributed by atoms with van der Waals surface area (Å²) in [4.78, 5) is 12.4. The van der Waals surface area contributed by atoms with E-state index in [9.17, 15) is 13.2 Å². The van der Waals surface area contributed by atoms with Gasteiger partial charge in [-0.25, -0.2) is 8.42 Å². The molecule has 0 bridgehead atoms. The van der Waals surface area contributed by atoms with Gasteiger partial charge in [0.15, 0.2) is 0 Å². The number of sulfonamides is 1. The minimum atomic E-state index is -3.75. The molecule has 0 aromatic heterocycles. The summed E-state index contributed by atoms with van der Waals surface area (Å²) < 4.78 is 32.4. The lowest BCUT2D eigenvalue weighted by Crippen LogP contribution is -2.31. The van der Waals surface area contributed by atoms with E-state index in [0.29, 0.717) is 31.3 Å². The minimum Gasteiger partial charge on any atom is -0.494 e. The molecule has 2 aromatic rings. The average Bonchev–Trinajstić information content (AvgIpc) is 2.72. The number of nitrogens with one attached hydrogen (secondary N) is 1. The van der Waals surface area contributed by atoms with Gasteiger partial charge in [-0.2, -0.15) is 4.31 Å². The van der Waals surface area contributed by atoms with Crippen molar-refractivity contribution in [2.24, 2.45) is 0 Å². The van der Waals surface area contributed by atoms with Gasteiger partial charge in [0.1, 0.15) is 10.6 Å². The van der Waals surface area contributed by atoms with Gasteiger partial charge >= 0.3 is 0 Å². The molecule has 0 aliphatic rings. The molecule has 30 heavy (non-hydrogen) atoms.